The summed E-state index contributed by atoms with van der Waals surface area (Å²) in [6.07, 6.45) is 4.54. The number of amides is 1. The lowest BCUT2D eigenvalue weighted by atomic mass is 9.99. The van der Waals surface area contributed by atoms with Gasteiger partial charge in [0.2, 0.25) is 0 Å². The summed E-state index contributed by atoms with van der Waals surface area (Å²) in [5, 5.41) is 12.6. The van der Waals surface area contributed by atoms with Gasteiger partial charge in [0, 0.05) is 34.2 Å². The van der Waals surface area contributed by atoms with Gasteiger partial charge in [0.05, 0.1) is 30.1 Å². The number of carbonyl (C=O) groups is 1. The number of pyridine rings is 2. The van der Waals surface area contributed by atoms with Crippen molar-refractivity contribution in [3.63, 3.8) is 0 Å². The van der Waals surface area contributed by atoms with Gasteiger partial charge in [-0.25, -0.2) is 9.97 Å². The summed E-state index contributed by atoms with van der Waals surface area (Å²) in [7, 11) is 1.56. The van der Waals surface area contributed by atoms with Crippen LogP contribution >= 0.6 is 22.9 Å². The van der Waals surface area contributed by atoms with Gasteiger partial charge < -0.3 is 4.74 Å². The summed E-state index contributed by atoms with van der Waals surface area (Å²) >= 11 is 7.42. The van der Waals surface area contributed by atoms with E-state index in [2.05, 4.69) is 30.2 Å². The molecule has 1 amide bonds. The van der Waals surface area contributed by atoms with Crippen molar-refractivity contribution < 1.29 is 9.53 Å². The molecule has 36 heavy (non-hydrogen) atoms. The predicted octanol–water partition coefficient (Wildman–Crippen LogP) is 5.30. The maximum absolute atomic E-state index is 13.3. The Hall–Kier alpha value is -4.46. The Labute approximate surface area is 214 Å². The van der Waals surface area contributed by atoms with Crippen molar-refractivity contribution in [1.82, 2.24) is 24.9 Å². The summed E-state index contributed by atoms with van der Waals surface area (Å²) in [5.74, 6) is 0.184. The van der Waals surface area contributed by atoms with Gasteiger partial charge in [0.25, 0.3) is 5.91 Å². The molecule has 4 heterocycles. The number of rotatable bonds is 5. The molecule has 176 valence electrons. The molecule has 0 bridgehead atoms. The molecule has 1 aromatic carbocycles. The largest absolute Gasteiger partial charge is 0.496 e. The lowest BCUT2D eigenvalue weighted by Gasteiger charge is -2.13. The Morgan fingerprint density at radius 2 is 1.89 bits per heavy atom. The number of fused-ring (bicyclic) bond motifs is 1. The number of ether oxygens (including phenoxy) is 1. The third kappa shape index (κ3) is 4.57. The Kier molecular flexibility index (Phi) is 6.25. The zero-order valence-corrected chi connectivity index (χ0v) is 20.6. The first-order valence-corrected chi connectivity index (χ1v) is 11.8. The number of aromatic nitrogens is 5. The van der Waals surface area contributed by atoms with E-state index < -0.39 is 5.91 Å². The topological polar surface area (TPSA) is 127 Å². The maximum atomic E-state index is 13.3. The van der Waals surface area contributed by atoms with E-state index in [9.17, 15) is 4.79 Å². The van der Waals surface area contributed by atoms with Crippen LogP contribution in [0.5, 0.6) is 5.75 Å². The Morgan fingerprint density at radius 3 is 2.64 bits per heavy atom. The van der Waals surface area contributed by atoms with Gasteiger partial charge in [0.15, 0.2) is 15.6 Å². The molecule has 0 radical (unpaired) electrons. The summed E-state index contributed by atoms with van der Waals surface area (Å²) in [6.45, 7) is 1.84. The van der Waals surface area contributed by atoms with Crippen molar-refractivity contribution >= 4 is 44.5 Å². The SMILES string of the molecule is COc1ccc(Cl)cc1-c1cc(C)ncc1C(=O)Nc1nc2ncc(-c3ccc(C#N)cn3)nc2s1. The molecule has 0 aliphatic heterocycles. The second-order valence-corrected chi connectivity index (χ2v) is 9.03. The molecule has 5 aromatic rings. The fourth-order valence-electron chi connectivity index (χ4n) is 3.53. The van der Waals surface area contributed by atoms with Crippen LogP contribution in [-0.4, -0.2) is 37.9 Å². The average Bonchev–Trinajstić information content (AvgIpc) is 3.30. The molecule has 11 heteroatoms. The third-order valence-electron chi connectivity index (χ3n) is 5.24. The van der Waals surface area contributed by atoms with E-state index in [0.29, 0.717) is 60.0 Å². The predicted molar refractivity (Wildman–Crippen MR) is 137 cm³/mol. The number of anilines is 1. The molecule has 0 aliphatic carbocycles. The first kappa shape index (κ1) is 23.3. The van der Waals surface area contributed by atoms with Crippen molar-refractivity contribution in [2.24, 2.45) is 0 Å². The first-order chi connectivity index (χ1) is 17.4. The van der Waals surface area contributed by atoms with Gasteiger partial charge in [-0.15, -0.1) is 0 Å². The minimum absolute atomic E-state index is 0.337. The zero-order valence-electron chi connectivity index (χ0n) is 19.0. The molecule has 5 rings (SSSR count). The number of hydrogen-bond acceptors (Lipinski definition) is 9. The van der Waals surface area contributed by atoms with Gasteiger partial charge in [-0.2, -0.15) is 10.2 Å². The Morgan fingerprint density at radius 1 is 1.03 bits per heavy atom. The Balaban J connectivity index is 1.47. The second kappa shape index (κ2) is 9.65. The molecular formula is C25H16ClN7O2S. The lowest BCUT2D eigenvalue weighted by Crippen LogP contribution is -2.14. The Bertz CT molecular complexity index is 1660. The minimum atomic E-state index is -0.396. The number of carbonyl (C=O) groups excluding carboxylic acids is 1. The molecule has 9 nitrogen and oxygen atoms in total. The highest BCUT2D eigenvalue weighted by atomic mass is 35.5. The zero-order chi connectivity index (χ0) is 25.2. The van der Waals surface area contributed by atoms with Crippen molar-refractivity contribution in [2.75, 3.05) is 12.4 Å². The van der Waals surface area contributed by atoms with Gasteiger partial charge in [-0.1, -0.05) is 22.9 Å². The van der Waals surface area contributed by atoms with Crippen molar-refractivity contribution in [3.8, 4) is 34.3 Å². The number of halogens is 1. The average molecular weight is 514 g/mol. The van der Waals surface area contributed by atoms with Crippen LogP contribution in [-0.2, 0) is 0 Å². The molecule has 0 unspecified atom stereocenters. The molecule has 0 saturated carbocycles. The normalized spacial score (nSPS) is 10.7. The van der Waals surface area contributed by atoms with Gasteiger partial charge in [0.1, 0.15) is 17.5 Å². The van der Waals surface area contributed by atoms with E-state index in [1.165, 1.54) is 23.7 Å². The van der Waals surface area contributed by atoms with Crippen molar-refractivity contribution in [3.05, 3.63) is 76.8 Å². The molecule has 0 fully saturated rings. The quantitative estimate of drug-likeness (QED) is 0.335. The van der Waals surface area contributed by atoms with Crippen LogP contribution in [0.15, 0.2) is 55.0 Å². The van der Waals surface area contributed by atoms with Crippen LogP contribution in [0.3, 0.4) is 0 Å². The van der Waals surface area contributed by atoms with Crippen molar-refractivity contribution in [1.29, 1.82) is 5.26 Å². The smallest absolute Gasteiger partial charge is 0.259 e. The number of methoxy groups -OCH3 is 1. The number of aryl methyl sites for hydroxylation is 1. The summed E-state index contributed by atoms with van der Waals surface area (Å²) in [6, 6.07) is 12.4. The maximum Gasteiger partial charge on any atom is 0.259 e. The fraction of sp³-hybridized carbons (Fsp3) is 0.0800. The number of nitriles is 1. The molecule has 0 atom stereocenters. The first-order valence-electron chi connectivity index (χ1n) is 10.6. The highest BCUT2D eigenvalue weighted by Gasteiger charge is 2.19. The third-order valence-corrected chi connectivity index (χ3v) is 6.32. The van der Waals surface area contributed by atoms with Gasteiger partial charge >= 0.3 is 0 Å². The van der Waals surface area contributed by atoms with Crippen LogP contribution in [0.2, 0.25) is 5.02 Å². The molecule has 1 N–H and O–H groups in total. The summed E-state index contributed by atoms with van der Waals surface area (Å²) in [4.78, 5) is 35.7. The molecule has 0 spiro atoms. The van der Waals surface area contributed by atoms with E-state index in [1.54, 1.807) is 49.7 Å². The molecular weight excluding hydrogens is 498 g/mol. The van der Waals surface area contributed by atoms with Crippen molar-refractivity contribution in [2.45, 2.75) is 6.92 Å². The molecule has 0 saturated heterocycles. The minimum Gasteiger partial charge on any atom is -0.496 e. The van der Waals surface area contributed by atoms with Gasteiger partial charge in [-0.05, 0) is 43.3 Å². The fourth-order valence-corrected chi connectivity index (χ4v) is 4.49. The highest BCUT2D eigenvalue weighted by molar-refractivity contribution is 7.21. The number of hydrogen-bond donors (Lipinski definition) is 1. The number of nitrogens with zero attached hydrogens (tertiary/aromatic N) is 6. The van der Waals surface area contributed by atoms with E-state index in [-0.39, 0.29) is 0 Å². The van der Waals surface area contributed by atoms with Crippen LogP contribution in [0.1, 0.15) is 21.6 Å². The standard InChI is InChI=1S/C25H16ClN7O2S/c1-13-7-16(17-8-15(26)4-6-21(17)35-2)18(11-28-13)23(34)33-25-32-22-24(36-25)31-20(12-30-22)19-5-3-14(9-27)10-29-19/h3-8,10-12H,1-2H3,(H,30,32,33,34). The summed E-state index contributed by atoms with van der Waals surface area (Å²) < 4.78 is 5.49. The lowest BCUT2D eigenvalue weighted by molar-refractivity contribution is 0.102. The van der Waals surface area contributed by atoms with E-state index >= 15 is 0 Å². The number of nitrogens with one attached hydrogen (secondary N) is 1. The molecule has 4 aromatic heterocycles. The van der Waals surface area contributed by atoms with Crippen LogP contribution in [0.4, 0.5) is 5.13 Å². The highest BCUT2D eigenvalue weighted by Crippen LogP contribution is 2.35. The van der Waals surface area contributed by atoms with Crippen LogP contribution in [0, 0.1) is 18.3 Å². The number of benzene rings is 1. The van der Waals surface area contributed by atoms with Gasteiger partial charge in [-0.3, -0.25) is 20.1 Å². The summed E-state index contributed by atoms with van der Waals surface area (Å²) in [5.41, 5.74) is 4.34. The van der Waals surface area contributed by atoms with E-state index in [4.69, 9.17) is 21.6 Å². The second-order valence-electron chi connectivity index (χ2n) is 7.62. The van der Waals surface area contributed by atoms with E-state index in [0.717, 1.165) is 5.69 Å². The van der Waals surface area contributed by atoms with Crippen LogP contribution < -0.4 is 10.1 Å². The van der Waals surface area contributed by atoms with E-state index in [1.807, 2.05) is 13.0 Å². The number of thiazole rings is 1. The van der Waals surface area contributed by atoms with Crippen LogP contribution in [0.25, 0.3) is 33.0 Å². The monoisotopic (exact) mass is 513 g/mol. The molecule has 0 aliphatic rings.